The first-order chi connectivity index (χ1) is 14.5. The van der Waals surface area contributed by atoms with Gasteiger partial charge in [-0.1, -0.05) is 48.5 Å². The molecule has 0 aromatic heterocycles. The van der Waals surface area contributed by atoms with E-state index in [1.54, 1.807) is 29.2 Å². The highest BCUT2D eigenvalue weighted by Crippen LogP contribution is 2.26. The number of carbonyl (C=O) groups is 3. The third-order valence-electron chi connectivity index (χ3n) is 4.63. The molecule has 0 radical (unpaired) electrons. The van der Waals surface area contributed by atoms with Gasteiger partial charge in [0.05, 0.1) is 5.69 Å². The molecule has 0 aliphatic carbocycles. The van der Waals surface area contributed by atoms with Crippen molar-refractivity contribution < 1.29 is 23.9 Å². The molecule has 0 unspecified atom stereocenters. The number of rotatable bonds is 8. The van der Waals surface area contributed by atoms with E-state index in [1.165, 1.54) is 6.92 Å². The number of anilines is 1. The van der Waals surface area contributed by atoms with Crippen molar-refractivity contribution in [3.63, 3.8) is 0 Å². The first-order valence-electron chi connectivity index (χ1n) is 9.67. The predicted octanol–water partition coefficient (Wildman–Crippen LogP) is 4.02. The molecule has 0 saturated heterocycles. The van der Waals surface area contributed by atoms with Crippen LogP contribution in [0.25, 0.3) is 10.8 Å². The second kappa shape index (κ2) is 9.69. The van der Waals surface area contributed by atoms with Gasteiger partial charge in [0.2, 0.25) is 0 Å². The number of nitrogens with zero attached hydrogens (tertiary/aromatic N) is 1. The van der Waals surface area contributed by atoms with E-state index in [2.05, 4.69) is 0 Å². The highest BCUT2D eigenvalue weighted by Gasteiger charge is 2.18. The Morgan fingerprint density at radius 3 is 2.40 bits per heavy atom. The van der Waals surface area contributed by atoms with E-state index in [1.807, 2.05) is 49.4 Å². The molecule has 30 heavy (non-hydrogen) atoms. The van der Waals surface area contributed by atoms with Crippen molar-refractivity contribution in [1.82, 2.24) is 0 Å². The molecule has 154 valence electrons. The minimum Gasteiger partial charge on any atom is -0.482 e. The molecule has 1 amide bonds. The number of hydrogen-bond donors (Lipinski definition) is 0. The van der Waals surface area contributed by atoms with Gasteiger partial charge in [-0.25, -0.2) is 4.79 Å². The summed E-state index contributed by atoms with van der Waals surface area (Å²) in [6, 6.07) is 20.1. The lowest BCUT2D eigenvalue weighted by Crippen LogP contribution is -2.35. The molecular weight excluding hydrogens is 382 g/mol. The summed E-state index contributed by atoms with van der Waals surface area (Å²) in [4.78, 5) is 37.7. The van der Waals surface area contributed by atoms with Crippen LogP contribution in [0.4, 0.5) is 5.69 Å². The fourth-order valence-corrected chi connectivity index (χ4v) is 3.13. The Hall–Kier alpha value is -3.67. The SMILES string of the molecule is CCN(C(=O)COC(=O)COc1cccc(C(C)=O)c1)c1cccc2ccccc12. The maximum absolute atomic E-state index is 12.7. The zero-order valence-electron chi connectivity index (χ0n) is 17.0. The summed E-state index contributed by atoms with van der Waals surface area (Å²) in [5.74, 6) is -0.690. The molecule has 0 saturated carbocycles. The zero-order valence-corrected chi connectivity index (χ0v) is 17.0. The normalized spacial score (nSPS) is 10.5. The number of ketones is 1. The van der Waals surface area contributed by atoms with Crippen molar-refractivity contribution in [2.45, 2.75) is 13.8 Å². The van der Waals surface area contributed by atoms with Gasteiger partial charge in [-0.15, -0.1) is 0 Å². The van der Waals surface area contributed by atoms with Crippen LogP contribution in [0.15, 0.2) is 66.7 Å². The maximum Gasteiger partial charge on any atom is 0.344 e. The molecule has 0 fully saturated rings. The number of benzene rings is 3. The summed E-state index contributed by atoms with van der Waals surface area (Å²) in [6.45, 7) is 3.03. The topological polar surface area (TPSA) is 72.9 Å². The molecule has 0 aliphatic rings. The van der Waals surface area contributed by atoms with Gasteiger partial charge in [-0.2, -0.15) is 0 Å². The predicted molar refractivity (Wildman–Crippen MR) is 115 cm³/mol. The molecule has 3 rings (SSSR count). The van der Waals surface area contributed by atoms with E-state index in [-0.39, 0.29) is 24.9 Å². The Balaban J connectivity index is 1.59. The van der Waals surface area contributed by atoms with Crippen molar-refractivity contribution in [2.24, 2.45) is 0 Å². The van der Waals surface area contributed by atoms with Gasteiger partial charge in [-0.3, -0.25) is 9.59 Å². The Bertz CT molecular complexity index is 1070. The van der Waals surface area contributed by atoms with Crippen molar-refractivity contribution in [3.05, 3.63) is 72.3 Å². The highest BCUT2D eigenvalue weighted by molar-refractivity contribution is 6.04. The first-order valence-corrected chi connectivity index (χ1v) is 9.67. The van der Waals surface area contributed by atoms with Gasteiger partial charge in [0.25, 0.3) is 5.91 Å². The van der Waals surface area contributed by atoms with E-state index < -0.39 is 5.97 Å². The van der Waals surface area contributed by atoms with Gasteiger partial charge in [-0.05, 0) is 37.4 Å². The lowest BCUT2D eigenvalue weighted by Gasteiger charge is -2.22. The largest absolute Gasteiger partial charge is 0.482 e. The summed E-state index contributed by atoms with van der Waals surface area (Å²) in [7, 11) is 0. The van der Waals surface area contributed by atoms with Gasteiger partial charge in [0, 0.05) is 17.5 Å². The Morgan fingerprint density at radius 1 is 0.900 bits per heavy atom. The molecule has 0 N–H and O–H groups in total. The fraction of sp³-hybridized carbons (Fsp3) is 0.208. The maximum atomic E-state index is 12.7. The second-order valence-electron chi connectivity index (χ2n) is 6.67. The Morgan fingerprint density at radius 2 is 1.63 bits per heavy atom. The van der Waals surface area contributed by atoms with E-state index >= 15 is 0 Å². The number of carbonyl (C=O) groups excluding carboxylic acids is 3. The number of Topliss-reactive ketones (excluding diaryl/α,β-unsaturated/α-hetero) is 1. The Labute approximate surface area is 175 Å². The molecule has 0 spiro atoms. The van der Waals surface area contributed by atoms with Crippen LogP contribution in [0.2, 0.25) is 0 Å². The number of amides is 1. The van der Waals surface area contributed by atoms with E-state index in [0.29, 0.717) is 17.9 Å². The summed E-state index contributed by atoms with van der Waals surface area (Å²) in [5.41, 5.74) is 1.26. The molecule has 6 heteroatoms. The monoisotopic (exact) mass is 405 g/mol. The number of ether oxygens (including phenoxy) is 2. The van der Waals surface area contributed by atoms with Crippen LogP contribution in [0.3, 0.4) is 0 Å². The highest BCUT2D eigenvalue weighted by atomic mass is 16.6. The van der Waals surface area contributed by atoms with Crippen LogP contribution in [0, 0.1) is 0 Å². The minimum absolute atomic E-state index is 0.0956. The van der Waals surface area contributed by atoms with Crippen LogP contribution in [0.1, 0.15) is 24.2 Å². The molecular formula is C24H23NO5. The summed E-state index contributed by atoms with van der Waals surface area (Å²) < 4.78 is 10.5. The quantitative estimate of drug-likeness (QED) is 0.418. The third kappa shape index (κ3) is 5.03. The van der Waals surface area contributed by atoms with Crippen LogP contribution in [-0.2, 0) is 14.3 Å². The lowest BCUT2D eigenvalue weighted by atomic mass is 10.1. The smallest absolute Gasteiger partial charge is 0.344 e. The van der Waals surface area contributed by atoms with E-state index in [0.717, 1.165) is 16.5 Å². The van der Waals surface area contributed by atoms with Crippen molar-refractivity contribution in [2.75, 3.05) is 24.7 Å². The third-order valence-corrected chi connectivity index (χ3v) is 4.63. The molecule has 0 bridgehead atoms. The molecule has 3 aromatic carbocycles. The second-order valence-corrected chi connectivity index (χ2v) is 6.67. The van der Waals surface area contributed by atoms with Gasteiger partial charge >= 0.3 is 5.97 Å². The minimum atomic E-state index is -0.662. The first kappa shape index (κ1) is 21.0. The summed E-state index contributed by atoms with van der Waals surface area (Å²) >= 11 is 0. The standard InChI is InChI=1S/C24H23NO5/c1-3-25(22-13-7-9-18-8-4-5-12-21(18)22)23(27)15-30-24(28)16-29-20-11-6-10-19(14-20)17(2)26/h4-14H,3,15-16H2,1-2H3. The van der Waals surface area contributed by atoms with E-state index in [9.17, 15) is 14.4 Å². The molecule has 3 aromatic rings. The van der Waals surface area contributed by atoms with Crippen LogP contribution < -0.4 is 9.64 Å². The van der Waals surface area contributed by atoms with E-state index in [4.69, 9.17) is 9.47 Å². The van der Waals surface area contributed by atoms with Crippen LogP contribution >= 0.6 is 0 Å². The summed E-state index contributed by atoms with van der Waals surface area (Å²) in [6.07, 6.45) is 0. The number of esters is 1. The van der Waals surface area contributed by atoms with Crippen LogP contribution in [-0.4, -0.2) is 37.4 Å². The Kier molecular flexibility index (Phi) is 6.80. The zero-order chi connectivity index (χ0) is 21.5. The van der Waals surface area contributed by atoms with Gasteiger partial charge < -0.3 is 14.4 Å². The van der Waals surface area contributed by atoms with Crippen molar-refractivity contribution in [1.29, 1.82) is 0 Å². The molecule has 0 heterocycles. The fourth-order valence-electron chi connectivity index (χ4n) is 3.13. The average Bonchev–Trinajstić information content (AvgIpc) is 2.77. The number of hydrogen-bond acceptors (Lipinski definition) is 5. The molecule has 0 aliphatic heterocycles. The number of likely N-dealkylation sites (N-methyl/N-ethyl adjacent to an activating group) is 1. The lowest BCUT2D eigenvalue weighted by molar-refractivity contribution is -0.149. The summed E-state index contributed by atoms with van der Waals surface area (Å²) in [5, 5.41) is 1.98. The molecule has 0 atom stereocenters. The number of fused-ring (bicyclic) bond motifs is 1. The van der Waals surface area contributed by atoms with Crippen molar-refractivity contribution in [3.8, 4) is 5.75 Å². The molecule has 6 nitrogen and oxygen atoms in total. The van der Waals surface area contributed by atoms with Gasteiger partial charge in [0.1, 0.15) is 5.75 Å². The van der Waals surface area contributed by atoms with Crippen molar-refractivity contribution >= 4 is 34.1 Å². The van der Waals surface area contributed by atoms with Crippen LogP contribution in [0.5, 0.6) is 5.75 Å². The average molecular weight is 405 g/mol. The van der Waals surface area contributed by atoms with Gasteiger partial charge in [0.15, 0.2) is 19.0 Å².